The van der Waals surface area contributed by atoms with Gasteiger partial charge in [0.25, 0.3) is 0 Å². The Kier molecular flexibility index (Phi) is 7.38. The third-order valence-corrected chi connectivity index (χ3v) is 16.6. The number of hydrogen-bond donors (Lipinski definition) is 0. The minimum absolute atomic E-state index is 0.0659. The third-order valence-electron chi connectivity index (χ3n) is 16.6. The molecule has 9 aromatic rings. The number of anilines is 3. The van der Waals surface area contributed by atoms with E-state index < -0.39 is 0 Å². The van der Waals surface area contributed by atoms with Crippen LogP contribution in [-0.2, 0) is 10.8 Å². The van der Waals surface area contributed by atoms with E-state index in [2.05, 4.69) is 195 Å². The molecule has 6 aliphatic carbocycles. The summed E-state index contributed by atoms with van der Waals surface area (Å²) in [6.45, 7) is 4.82. The van der Waals surface area contributed by atoms with Gasteiger partial charge in [0.15, 0.2) is 0 Å². The Hall–Kier alpha value is -6.64. The molecule has 0 unspecified atom stereocenters. The molecule has 2 heteroatoms. The van der Waals surface area contributed by atoms with Crippen LogP contribution in [0, 0.1) is 23.7 Å². The summed E-state index contributed by atoms with van der Waals surface area (Å²) in [6, 6.07) is 66.5. The van der Waals surface area contributed by atoms with Gasteiger partial charge in [-0.3, -0.25) is 0 Å². The van der Waals surface area contributed by atoms with Gasteiger partial charge in [0.2, 0.25) is 0 Å². The fourth-order valence-corrected chi connectivity index (χ4v) is 14.5. The van der Waals surface area contributed by atoms with Crippen LogP contribution in [0.1, 0.15) is 68.2 Å². The number of para-hydroxylation sites is 2. The maximum atomic E-state index is 6.43. The van der Waals surface area contributed by atoms with Gasteiger partial charge in [-0.2, -0.15) is 0 Å². The number of furan rings is 1. The molecule has 0 N–H and O–H groups in total. The molecule has 8 aromatic carbocycles. The molecule has 6 aliphatic rings. The van der Waals surface area contributed by atoms with Crippen molar-refractivity contribution in [2.45, 2.75) is 56.8 Å². The fourth-order valence-electron chi connectivity index (χ4n) is 14.5. The smallest absolute Gasteiger partial charge is 0.136 e. The van der Waals surface area contributed by atoms with Crippen LogP contribution in [-0.4, -0.2) is 0 Å². The van der Waals surface area contributed by atoms with E-state index in [1.54, 1.807) is 11.1 Å². The average molecular weight is 812 g/mol. The zero-order chi connectivity index (χ0) is 41.6. The second-order valence-corrected chi connectivity index (χ2v) is 20.0. The van der Waals surface area contributed by atoms with Crippen LogP contribution >= 0.6 is 0 Å². The van der Waals surface area contributed by atoms with Gasteiger partial charge in [-0.05, 0) is 159 Å². The number of rotatable bonds is 5. The van der Waals surface area contributed by atoms with E-state index in [-0.39, 0.29) is 10.8 Å². The summed E-state index contributed by atoms with van der Waals surface area (Å²) in [7, 11) is 0. The molecule has 4 bridgehead atoms. The van der Waals surface area contributed by atoms with Gasteiger partial charge in [-0.1, -0.05) is 147 Å². The zero-order valence-electron chi connectivity index (χ0n) is 35.9. The van der Waals surface area contributed by atoms with E-state index >= 15 is 0 Å². The van der Waals surface area contributed by atoms with Gasteiger partial charge in [-0.25, -0.2) is 0 Å². The van der Waals surface area contributed by atoms with Crippen LogP contribution in [0.15, 0.2) is 180 Å². The van der Waals surface area contributed by atoms with Gasteiger partial charge in [0, 0.05) is 38.5 Å². The molecule has 0 amide bonds. The molecule has 0 radical (unpaired) electrons. The number of nitrogens with zero attached hydrogens (tertiary/aromatic N) is 1. The first-order chi connectivity index (χ1) is 31.0. The van der Waals surface area contributed by atoms with Crippen molar-refractivity contribution in [2.75, 3.05) is 4.90 Å². The Morgan fingerprint density at radius 2 is 1.02 bits per heavy atom. The van der Waals surface area contributed by atoms with Gasteiger partial charge < -0.3 is 9.32 Å². The Bertz CT molecular complexity index is 3330. The summed E-state index contributed by atoms with van der Waals surface area (Å²) in [4.78, 5) is 2.59. The molecule has 4 fully saturated rings. The molecule has 304 valence electrons. The van der Waals surface area contributed by atoms with Crippen LogP contribution in [0.2, 0.25) is 0 Å². The first-order valence-electron chi connectivity index (χ1n) is 23.3. The quantitative estimate of drug-likeness (QED) is 0.172. The van der Waals surface area contributed by atoms with Gasteiger partial charge in [0.1, 0.15) is 11.2 Å². The number of hydrogen-bond acceptors (Lipinski definition) is 2. The predicted octanol–water partition coefficient (Wildman–Crippen LogP) is 16.4. The van der Waals surface area contributed by atoms with E-state index in [4.69, 9.17) is 4.42 Å². The Morgan fingerprint density at radius 3 is 1.83 bits per heavy atom. The lowest BCUT2D eigenvalue weighted by atomic mass is 9.43. The monoisotopic (exact) mass is 811 g/mol. The molecule has 0 saturated heterocycles. The Labute approximate surface area is 369 Å². The van der Waals surface area contributed by atoms with Gasteiger partial charge >= 0.3 is 0 Å². The highest BCUT2D eigenvalue weighted by Crippen LogP contribution is 2.70. The lowest BCUT2D eigenvalue weighted by Gasteiger charge is -2.61. The van der Waals surface area contributed by atoms with Gasteiger partial charge in [-0.15, -0.1) is 0 Å². The summed E-state index contributed by atoms with van der Waals surface area (Å²) in [5, 5.41) is 2.31. The third kappa shape index (κ3) is 4.85. The minimum atomic E-state index is -0.155. The summed E-state index contributed by atoms with van der Waals surface area (Å²) in [5.41, 5.74) is 21.8. The summed E-state index contributed by atoms with van der Waals surface area (Å²) >= 11 is 0. The summed E-state index contributed by atoms with van der Waals surface area (Å²) < 4.78 is 6.43. The van der Waals surface area contributed by atoms with E-state index in [0.29, 0.717) is 11.8 Å². The van der Waals surface area contributed by atoms with Crippen LogP contribution < -0.4 is 4.90 Å². The molecule has 1 aromatic heterocycles. The molecule has 63 heavy (non-hydrogen) atoms. The fraction of sp³-hybridized carbons (Fsp3) is 0.213. The highest BCUT2D eigenvalue weighted by molar-refractivity contribution is 6.12. The number of fused-ring (bicyclic) bond motifs is 9. The Morgan fingerprint density at radius 1 is 0.444 bits per heavy atom. The van der Waals surface area contributed by atoms with Crippen LogP contribution in [0.3, 0.4) is 0 Å². The topological polar surface area (TPSA) is 16.4 Å². The van der Waals surface area contributed by atoms with Crippen LogP contribution in [0.25, 0.3) is 66.4 Å². The van der Waals surface area contributed by atoms with Crippen LogP contribution in [0.5, 0.6) is 0 Å². The van der Waals surface area contributed by atoms with Crippen molar-refractivity contribution in [1.82, 2.24) is 0 Å². The maximum Gasteiger partial charge on any atom is 0.136 e. The molecule has 1 heterocycles. The minimum Gasteiger partial charge on any atom is -0.456 e. The molecule has 0 atom stereocenters. The normalized spacial score (nSPS) is 23.0. The molecular formula is C61H49NO. The molecule has 15 rings (SSSR count). The molecule has 4 saturated carbocycles. The standard InChI is InChI=1S/C61H49NO/c1-60(2)52-23-7-3-17-46(52)49-21-12-22-50(59(49)60)48-18-5-9-25-55(48)62(42-15-11-14-39(35-42)44-20-13-27-57-58(44)51-19-6-10-26-56(51)63-57)43-28-29-47-45-16-4-8-24-53(45)61(54(47)36-43)40-31-37-30-38(33-40)34-41(61)32-37/h3-29,35-38,40-41H,30-34H2,1-2H3. The second kappa shape index (κ2) is 13.0. The van der Waals surface area contributed by atoms with Crippen molar-refractivity contribution in [2.24, 2.45) is 23.7 Å². The highest BCUT2D eigenvalue weighted by Gasteiger charge is 2.61. The lowest BCUT2D eigenvalue weighted by molar-refractivity contribution is -0.0399. The second-order valence-electron chi connectivity index (χ2n) is 20.0. The number of benzene rings is 8. The predicted molar refractivity (Wildman–Crippen MR) is 260 cm³/mol. The highest BCUT2D eigenvalue weighted by atomic mass is 16.3. The Balaban J connectivity index is 1.01. The van der Waals surface area contributed by atoms with E-state index in [9.17, 15) is 0 Å². The van der Waals surface area contributed by atoms with Crippen molar-refractivity contribution >= 4 is 39.0 Å². The zero-order valence-corrected chi connectivity index (χ0v) is 35.9. The lowest BCUT2D eigenvalue weighted by Crippen LogP contribution is -2.55. The van der Waals surface area contributed by atoms with E-state index in [1.165, 1.54) is 99.1 Å². The summed E-state index contributed by atoms with van der Waals surface area (Å²) in [6.07, 6.45) is 6.92. The molecular weight excluding hydrogens is 763 g/mol. The van der Waals surface area contributed by atoms with Crippen LogP contribution in [0.4, 0.5) is 17.1 Å². The van der Waals surface area contributed by atoms with Crippen molar-refractivity contribution in [3.63, 3.8) is 0 Å². The van der Waals surface area contributed by atoms with E-state index in [1.807, 2.05) is 0 Å². The van der Waals surface area contributed by atoms with Crippen molar-refractivity contribution in [1.29, 1.82) is 0 Å². The summed E-state index contributed by atoms with van der Waals surface area (Å²) in [5.74, 6) is 3.17. The van der Waals surface area contributed by atoms with Crippen molar-refractivity contribution in [3.8, 4) is 44.5 Å². The molecule has 2 nitrogen and oxygen atoms in total. The van der Waals surface area contributed by atoms with E-state index in [0.717, 1.165) is 39.5 Å². The maximum absolute atomic E-state index is 6.43. The molecule has 0 aliphatic heterocycles. The van der Waals surface area contributed by atoms with Crippen molar-refractivity contribution < 1.29 is 4.42 Å². The SMILES string of the molecule is CC1(C)c2ccccc2-c2cccc(-c3ccccc3N(c3cccc(-c4cccc5oc6ccccc6c45)c3)c3ccc4c(c3)C3(c5ccccc5-4)C4CC5CC(C4)CC3C5)c21. The average Bonchev–Trinajstić information content (AvgIpc) is 3.92. The van der Waals surface area contributed by atoms with Gasteiger partial charge in [0.05, 0.1) is 5.69 Å². The first kappa shape index (κ1) is 35.9. The largest absolute Gasteiger partial charge is 0.456 e. The van der Waals surface area contributed by atoms with Crippen molar-refractivity contribution in [3.05, 3.63) is 198 Å². The molecule has 1 spiro atoms. The first-order valence-corrected chi connectivity index (χ1v) is 23.3.